The van der Waals surface area contributed by atoms with Crippen molar-refractivity contribution in [2.24, 2.45) is 0 Å². The quantitative estimate of drug-likeness (QED) is 0.459. The number of furan rings is 1. The number of amides is 2. The zero-order valence-corrected chi connectivity index (χ0v) is 18.7. The van der Waals surface area contributed by atoms with Crippen LogP contribution in [0.3, 0.4) is 0 Å². The van der Waals surface area contributed by atoms with E-state index in [1.165, 1.54) is 26.6 Å². The second kappa shape index (κ2) is 11.4. The Kier molecular flexibility index (Phi) is 8.13. The van der Waals surface area contributed by atoms with E-state index in [2.05, 4.69) is 10.6 Å². The number of rotatable bonds is 10. The average Bonchev–Trinajstić information content (AvgIpc) is 3.36. The Morgan fingerprint density at radius 2 is 1.70 bits per heavy atom. The summed E-state index contributed by atoms with van der Waals surface area (Å²) in [6, 6.07) is 15.7. The van der Waals surface area contributed by atoms with E-state index in [0.29, 0.717) is 35.8 Å². The molecular weight excluding hydrogens is 424 g/mol. The molecule has 0 aliphatic heterocycles. The summed E-state index contributed by atoms with van der Waals surface area (Å²) in [7, 11) is 4.61. The molecule has 0 saturated carbocycles. The van der Waals surface area contributed by atoms with Crippen LogP contribution in [0.2, 0.25) is 0 Å². The molecule has 1 aromatic heterocycles. The van der Waals surface area contributed by atoms with Gasteiger partial charge in [0.1, 0.15) is 17.2 Å². The molecule has 0 fully saturated rings. The number of methoxy groups -OCH3 is 3. The van der Waals surface area contributed by atoms with Crippen molar-refractivity contribution in [2.45, 2.75) is 6.42 Å². The predicted molar refractivity (Wildman–Crippen MR) is 123 cm³/mol. The van der Waals surface area contributed by atoms with Gasteiger partial charge in [-0.1, -0.05) is 12.1 Å². The van der Waals surface area contributed by atoms with Gasteiger partial charge in [0, 0.05) is 18.2 Å². The fourth-order valence-corrected chi connectivity index (χ4v) is 3.05. The fraction of sp³-hybridized carbons (Fsp3) is 0.200. The van der Waals surface area contributed by atoms with Crippen LogP contribution in [0.1, 0.15) is 21.7 Å². The zero-order valence-electron chi connectivity index (χ0n) is 18.7. The molecule has 0 aliphatic carbocycles. The predicted octanol–water partition coefficient (Wildman–Crippen LogP) is 3.44. The smallest absolute Gasteiger partial charge is 0.267 e. The van der Waals surface area contributed by atoms with Gasteiger partial charge >= 0.3 is 0 Å². The lowest BCUT2D eigenvalue weighted by molar-refractivity contribution is -0.117. The van der Waals surface area contributed by atoms with Crippen LogP contribution in [0.5, 0.6) is 17.2 Å². The molecule has 0 saturated heterocycles. The summed E-state index contributed by atoms with van der Waals surface area (Å²) < 4.78 is 20.9. The highest BCUT2D eigenvalue weighted by atomic mass is 16.5. The summed E-state index contributed by atoms with van der Waals surface area (Å²) in [6.07, 6.45) is 3.58. The van der Waals surface area contributed by atoms with Crippen LogP contribution in [0.4, 0.5) is 0 Å². The summed E-state index contributed by atoms with van der Waals surface area (Å²) in [6.45, 7) is 0.382. The van der Waals surface area contributed by atoms with Crippen LogP contribution in [0.15, 0.2) is 71.0 Å². The number of carbonyl (C=O) groups is 2. The summed E-state index contributed by atoms with van der Waals surface area (Å²) >= 11 is 0. The van der Waals surface area contributed by atoms with E-state index in [0.717, 1.165) is 11.3 Å². The van der Waals surface area contributed by atoms with E-state index in [9.17, 15) is 9.59 Å². The largest absolute Gasteiger partial charge is 0.497 e. The van der Waals surface area contributed by atoms with Gasteiger partial charge in [0.25, 0.3) is 11.8 Å². The number of carbonyl (C=O) groups excluding carboxylic acids is 2. The molecule has 8 nitrogen and oxygen atoms in total. The SMILES string of the molecule is COc1ccc(CCNC(=O)/C(=C/c2ccco2)NC(=O)c2ccc(OC)c(OC)c2)cc1. The van der Waals surface area contributed by atoms with Gasteiger partial charge in [-0.25, -0.2) is 0 Å². The Labute approximate surface area is 192 Å². The Hall–Kier alpha value is -4.20. The highest BCUT2D eigenvalue weighted by Crippen LogP contribution is 2.27. The Morgan fingerprint density at radius 3 is 2.33 bits per heavy atom. The molecule has 8 heteroatoms. The Bertz CT molecular complexity index is 1100. The van der Waals surface area contributed by atoms with Gasteiger partial charge in [0.2, 0.25) is 0 Å². The van der Waals surface area contributed by atoms with Crippen molar-refractivity contribution in [3.63, 3.8) is 0 Å². The average molecular weight is 450 g/mol. The molecule has 33 heavy (non-hydrogen) atoms. The molecular formula is C25H26N2O6. The van der Waals surface area contributed by atoms with Crippen LogP contribution < -0.4 is 24.8 Å². The number of hydrogen-bond donors (Lipinski definition) is 2. The lowest BCUT2D eigenvalue weighted by atomic mass is 10.1. The van der Waals surface area contributed by atoms with Crippen LogP contribution in [0.25, 0.3) is 6.08 Å². The molecule has 0 atom stereocenters. The van der Waals surface area contributed by atoms with E-state index in [4.69, 9.17) is 18.6 Å². The maximum atomic E-state index is 12.8. The van der Waals surface area contributed by atoms with Gasteiger partial charge in [-0.2, -0.15) is 0 Å². The molecule has 1 heterocycles. The first kappa shape index (κ1) is 23.5. The summed E-state index contributed by atoms with van der Waals surface area (Å²) in [5.74, 6) is 1.20. The Morgan fingerprint density at radius 1 is 0.939 bits per heavy atom. The van der Waals surface area contributed by atoms with Gasteiger partial charge in [-0.15, -0.1) is 0 Å². The maximum Gasteiger partial charge on any atom is 0.267 e. The molecule has 0 bridgehead atoms. The first-order chi connectivity index (χ1) is 16.0. The molecule has 2 aromatic carbocycles. The van der Waals surface area contributed by atoms with Crippen LogP contribution >= 0.6 is 0 Å². The highest BCUT2D eigenvalue weighted by Gasteiger charge is 2.17. The second-order valence-electron chi connectivity index (χ2n) is 6.95. The molecule has 0 unspecified atom stereocenters. The third-order valence-corrected chi connectivity index (χ3v) is 4.83. The van der Waals surface area contributed by atoms with Gasteiger partial charge in [-0.3, -0.25) is 9.59 Å². The van der Waals surface area contributed by atoms with E-state index in [-0.39, 0.29) is 5.70 Å². The normalized spacial score (nSPS) is 10.9. The van der Waals surface area contributed by atoms with E-state index >= 15 is 0 Å². The van der Waals surface area contributed by atoms with Gasteiger partial charge in [0.05, 0.1) is 27.6 Å². The second-order valence-corrected chi connectivity index (χ2v) is 6.95. The number of ether oxygens (including phenoxy) is 3. The minimum absolute atomic E-state index is 0.0551. The molecule has 3 rings (SSSR count). The van der Waals surface area contributed by atoms with Crippen LogP contribution in [0, 0.1) is 0 Å². The first-order valence-corrected chi connectivity index (χ1v) is 10.2. The van der Waals surface area contributed by atoms with Gasteiger partial charge in [0.15, 0.2) is 11.5 Å². The van der Waals surface area contributed by atoms with E-state index in [1.54, 1.807) is 37.4 Å². The Balaban J connectivity index is 1.70. The standard InChI is InChI=1S/C25H26N2O6/c1-30-19-9-6-17(7-10-19)12-13-26-25(29)21(16-20-5-4-14-33-20)27-24(28)18-8-11-22(31-2)23(15-18)32-3/h4-11,14-16H,12-13H2,1-3H3,(H,26,29)(H,27,28)/b21-16-. The summed E-state index contributed by atoms with van der Waals surface area (Å²) in [5.41, 5.74) is 1.41. The molecule has 0 aliphatic rings. The molecule has 2 amide bonds. The van der Waals surface area contributed by atoms with E-state index < -0.39 is 11.8 Å². The zero-order chi connectivity index (χ0) is 23.6. The first-order valence-electron chi connectivity index (χ1n) is 10.2. The summed E-state index contributed by atoms with van der Waals surface area (Å²) in [5, 5.41) is 5.49. The van der Waals surface area contributed by atoms with Gasteiger partial charge in [-0.05, 0) is 54.4 Å². The third-order valence-electron chi connectivity index (χ3n) is 4.83. The van der Waals surface area contributed by atoms with Crippen molar-refractivity contribution < 1.29 is 28.2 Å². The van der Waals surface area contributed by atoms with Gasteiger partial charge < -0.3 is 29.3 Å². The van der Waals surface area contributed by atoms with Crippen LogP contribution in [-0.4, -0.2) is 39.7 Å². The lowest BCUT2D eigenvalue weighted by Gasteiger charge is -2.12. The van der Waals surface area contributed by atoms with Crippen molar-refractivity contribution in [2.75, 3.05) is 27.9 Å². The monoisotopic (exact) mass is 450 g/mol. The highest BCUT2D eigenvalue weighted by molar-refractivity contribution is 6.05. The third kappa shape index (κ3) is 6.39. The topological polar surface area (TPSA) is 99.0 Å². The molecule has 172 valence electrons. The van der Waals surface area contributed by atoms with Crippen molar-refractivity contribution in [1.29, 1.82) is 0 Å². The van der Waals surface area contributed by atoms with Crippen molar-refractivity contribution in [3.05, 3.63) is 83.4 Å². The molecule has 3 aromatic rings. The molecule has 2 N–H and O–H groups in total. The molecule has 0 radical (unpaired) electrons. The van der Waals surface area contributed by atoms with E-state index in [1.807, 2.05) is 24.3 Å². The number of benzene rings is 2. The van der Waals surface area contributed by atoms with Crippen LogP contribution in [-0.2, 0) is 11.2 Å². The maximum absolute atomic E-state index is 12.8. The van der Waals surface area contributed by atoms with Crippen molar-refractivity contribution >= 4 is 17.9 Å². The summed E-state index contributed by atoms with van der Waals surface area (Å²) in [4.78, 5) is 25.7. The fourth-order valence-electron chi connectivity index (χ4n) is 3.05. The lowest BCUT2D eigenvalue weighted by Crippen LogP contribution is -2.35. The number of hydrogen-bond acceptors (Lipinski definition) is 6. The minimum atomic E-state index is -0.473. The molecule has 0 spiro atoms. The van der Waals surface area contributed by atoms with Crippen molar-refractivity contribution in [1.82, 2.24) is 10.6 Å². The van der Waals surface area contributed by atoms with Crippen molar-refractivity contribution in [3.8, 4) is 17.2 Å². The number of nitrogens with one attached hydrogen (secondary N) is 2. The minimum Gasteiger partial charge on any atom is -0.497 e.